The van der Waals surface area contributed by atoms with Gasteiger partial charge < -0.3 is 4.90 Å². The second-order valence-corrected chi connectivity index (χ2v) is 9.88. The smallest absolute Gasteiger partial charge is 0.255 e. The topological polar surface area (TPSA) is 111 Å². The van der Waals surface area contributed by atoms with E-state index in [-0.39, 0.29) is 24.1 Å². The first-order valence-electron chi connectivity index (χ1n) is 12.5. The molecule has 36 heavy (non-hydrogen) atoms. The molecule has 2 N–H and O–H groups in total. The zero-order valence-electron chi connectivity index (χ0n) is 19.9. The molecule has 3 aromatic rings. The monoisotopic (exact) mass is 484 g/mol. The number of nitrogens with one attached hydrogen (secondary N) is 2. The molecule has 3 aliphatic rings. The number of hydrogen-bond acceptors (Lipinski definition) is 6. The average molecular weight is 485 g/mol. The molecule has 184 valence electrons. The van der Waals surface area contributed by atoms with Crippen molar-refractivity contribution in [3.05, 3.63) is 71.2 Å². The number of likely N-dealkylation sites (tertiary alicyclic amines) is 1. The third kappa shape index (κ3) is 4.19. The van der Waals surface area contributed by atoms with E-state index in [0.29, 0.717) is 24.4 Å². The Morgan fingerprint density at radius 1 is 1.03 bits per heavy atom. The molecule has 0 saturated carbocycles. The molecule has 2 saturated heterocycles. The molecule has 1 atom stereocenters. The molecular formula is C27H28N6O3. The van der Waals surface area contributed by atoms with Crippen molar-refractivity contribution in [2.45, 2.75) is 50.7 Å². The van der Waals surface area contributed by atoms with Gasteiger partial charge in [0.15, 0.2) is 0 Å². The third-order valence-corrected chi connectivity index (χ3v) is 7.67. The van der Waals surface area contributed by atoms with Crippen LogP contribution in [0.3, 0.4) is 0 Å². The van der Waals surface area contributed by atoms with Crippen molar-refractivity contribution < 1.29 is 14.4 Å². The highest BCUT2D eigenvalue weighted by atomic mass is 16.2. The second kappa shape index (κ2) is 9.31. The van der Waals surface area contributed by atoms with Crippen LogP contribution in [-0.4, -0.2) is 61.8 Å². The highest BCUT2D eigenvalue weighted by Crippen LogP contribution is 2.34. The maximum Gasteiger partial charge on any atom is 0.255 e. The van der Waals surface area contributed by atoms with E-state index in [4.69, 9.17) is 0 Å². The number of fused-ring (bicyclic) bond motifs is 1. The molecule has 0 radical (unpaired) electrons. The SMILES string of the molecule is O=C1CCC(N2Cc3cc(C4CCN(Cc5cn[nH]c5-c5cccnc5)CC4)ccc3C2=O)C(=O)N1. The van der Waals surface area contributed by atoms with Gasteiger partial charge >= 0.3 is 0 Å². The van der Waals surface area contributed by atoms with Crippen LogP contribution in [0.5, 0.6) is 0 Å². The fourth-order valence-electron chi connectivity index (χ4n) is 5.71. The quantitative estimate of drug-likeness (QED) is 0.539. The Kier molecular flexibility index (Phi) is 5.85. The van der Waals surface area contributed by atoms with Gasteiger partial charge in [-0.1, -0.05) is 12.1 Å². The Labute approximate surface area is 208 Å². The van der Waals surface area contributed by atoms with Crippen molar-refractivity contribution in [3.63, 3.8) is 0 Å². The summed E-state index contributed by atoms with van der Waals surface area (Å²) in [4.78, 5) is 45.1. The van der Waals surface area contributed by atoms with Gasteiger partial charge in [-0.25, -0.2) is 0 Å². The van der Waals surface area contributed by atoms with Crippen molar-refractivity contribution in [3.8, 4) is 11.3 Å². The number of nitrogens with zero attached hydrogens (tertiary/aromatic N) is 4. The van der Waals surface area contributed by atoms with Crippen LogP contribution in [-0.2, 0) is 22.7 Å². The Balaban J connectivity index is 1.10. The lowest BCUT2D eigenvalue weighted by Crippen LogP contribution is -2.52. The van der Waals surface area contributed by atoms with E-state index in [1.807, 2.05) is 30.6 Å². The van der Waals surface area contributed by atoms with E-state index in [1.165, 1.54) is 11.1 Å². The first-order valence-corrected chi connectivity index (χ1v) is 12.5. The van der Waals surface area contributed by atoms with Crippen LogP contribution in [0.15, 0.2) is 48.9 Å². The lowest BCUT2D eigenvalue weighted by Gasteiger charge is -2.32. The predicted molar refractivity (Wildman–Crippen MR) is 132 cm³/mol. The third-order valence-electron chi connectivity index (χ3n) is 7.67. The van der Waals surface area contributed by atoms with E-state index < -0.39 is 6.04 Å². The number of H-pyrrole nitrogens is 1. The molecule has 1 unspecified atom stereocenters. The Morgan fingerprint density at radius 2 is 1.89 bits per heavy atom. The van der Waals surface area contributed by atoms with Gasteiger partial charge in [-0.05, 0) is 67.6 Å². The molecule has 2 aromatic heterocycles. The minimum absolute atomic E-state index is 0.120. The fraction of sp³-hybridized carbons (Fsp3) is 0.370. The highest BCUT2D eigenvalue weighted by molar-refractivity contribution is 6.05. The van der Waals surface area contributed by atoms with E-state index in [1.54, 1.807) is 11.1 Å². The minimum Gasteiger partial charge on any atom is -0.322 e. The summed E-state index contributed by atoms with van der Waals surface area (Å²) in [6, 6.07) is 9.53. The van der Waals surface area contributed by atoms with Gasteiger partial charge in [0.25, 0.3) is 5.91 Å². The molecule has 0 bridgehead atoms. The Bertz CT molecular complexity index is 1310. The van der Waals surface area contributed by atoms with E-state index in [0.717, 1.165) is 49.3 Å². The first kappa shape index (κ1) is 22.6. The minimum atomic E-state index is -0.575. The fourth-order valence-corrected chi connectivity index (χ4v) is 5.71. The van der Waals surface area contributed by atoms with Crippen LogP contribution in [0.1, 0.15) is 58.6 Å². The van der Waals surface area contributed by atoms with Crippen LogP contribution in [0, 0.1) is 0 Å². The average Bonchev–Trinajstić information content (AvgIpc) is 3.49. The maximum atomic E-state index is 13.0. The van der Waals surface area contributed by atoms with Gasteiger partial charge in [-0.15, -0.1) is 0 Å². The zero-order valence-corrected chi connectivity index (χ0v) is 19.9. The predicted octanol–water partition coefficient (Wildman–Crippen LogP) is 2.61. The molecule has 9 nitrogen and oxygen atoms in total. The Hall–Kier alpha value is -3.85. The van der Waals surface area contributed by atoms with E-state index in [2.05, 4.69) is 37.5 Å². The van der Waals surface area contributed by atoms with Crippen LogP contribution >= 0.6 is 0 Å². The summed E-state index contributed by atoms with van der Waals surface area (Å²) in [6.07, 6.45) is 8.26. The van der Waals surface area contributed by atoms with Gasteiger partial charge in [0.2, 0.25) is 11.8 Å². The van der Waals surface area contributed by atoms with Crippen LogP contribution in [0.2, 0.25) is 0 Å². The number of imide groups is 1. The number of piperidine rings is 2. The molecule has 6 rings (SSSR count). The van der Waals surface area contributed by atoms with Gasteiger partial charge in [0.1, 0.15) is 6.04 Å². The van der Waals surface area contributed by atoms with Crippen molar-refractivity contribution in [2.75, 3.05) is 13.1 Å². The lowest BCUT2D eigenvalue weighted by atomic mass is 9.87. The first-order chi connectivity index (χ1) is 17.6. The second-order valence-electron chi connectivity index (χ2n) is 9.88. The molecule has 5 heterocycles. The summed E-state index contributed by atoms with van der Waals surface area (Å²) >= 11 is 0. The number of amides is 3. The van der Waals surface area contributed by atoms with Crippen LogP contribution < -0.4 is 5.32 Å². The number of aromatic nitrogens is 3. The molecular weight excluding hydrogens is 456 g/mol. The summed E-state index contributed by atoms with van der Waals surface area (Å²) in [5.74, 6) is -0.321. The summed E-state index contributed by atoms with van der Waals surface area (Å²) in [5.41, 5.74) is 6.14. The van der Waals surface area contributed by atoms with Gasteiger partial charge in [-0.3, -0.25) is 34.7 Å². The van der Waals surface area contributed by atoms with Crippen molar-refractivity contribution >= 4 is 17.7 Å². The number of carbonyl (C=O) groups is 3. The zero-order chi connectivity index (χ0) is 24.6. The summed E-state index contributed by atoms with van der Waals surface area (Å²) in [7, 11) is 0. The van der Waals surface area contributed by atoms with Crippen molar-refractivity contribution in [2.24, 2.45) is 0 Å². The molecule has 3 aliphatic heterocycles. The van der Waals surface area contributed by atoms with E-state index in [9.17, 15) is 14.4 Å². The number of hydrogen-bond donors (Lipinski definition) is 2. The molecule has 0 spiro atoms. The molecule has 1 aromatic carbocycles. The normalized spacial score (nSPS) is 21.1. The standard InChI is InChI=1S/C27H28N6O3/c34-24-6-5-23(26(35)30-24)33-16-20-12-18(3-4-22(20)27(33)36)17-7-10-32(11-8-17)15-21-14-29-31-25(21)19-2-1-9-28-13-19/h1-4,9,12-14,17,23H,5-8,10-11,15-16H2,(H,29,31)(H,30,34,35). The van der Waals surface area contributed by atoms with Gasteiger partial charge in [-0.2, -0.15) is 5.10 Å². The summed E-state index contributed by atoms with van der Waals surface area (Å²) < 4.78 is 0. The summed E-state index contributed by atoms with van der Waals surface area (Å²) in [6.45, 7) is 3.24. The van der Waals surface area contributed by atoms with Crippen LogP contribution in [0.25, 0.3) is 11.3 Å². The lowest BCUT2D eigenvalue weighted by molar-refractivity contribution is -0.136. The van der Waals surface area contributed by atoms with Crippen molar-refractivity contribution in [1.29, 1.82) is 0 Å². The number of benzene rings is 1. The maximum absolute atomic E-state index is 13.0. The summed E-state index contributed by atoms with van der Waals surface area (Å²) in [5, 5.41) is 9.74. The van der Waals surface area contributed by atoms with Crippen LogP contribution in [0.4, 0.5) is 0 Å². The molecule has 9 heteroatoms. The van der Waals surface area contributed by atoms with Gasteiger partial charge in [0, 0.05) is 48.6 Å². The van der Waals surface area contributed by atoms with Gasteiger partial charge in [0.05, 0.1) is 11.9 Å². The van der Waals surface area contributed by atoms with E-state index >= 15 is 0 Å². The Morgan fingerprint density at radius 3 is 2.67 bits per heavy atom. The largest absolute Gasteiger partial charge is 0.322 e. The number of aromatic amines is 1. The number of pyridine rings is 1. The molecule has 0 aliphatic carbocycles. The molecule has 3 amide bonds. The number of rotatable bonds is 5. The van der Waals surface area contributed by atoms with Crippen molar-refractivity contribution in [1.82, 2.24) is 30.3 Å². The molecule has 2 fully saturated rings. The highest BCUT2D eigenvalue weighted by Gasteiger charge is 2.39. The number of carbonyl (C=O) groups excluding carboxylic acids is 3.